The first-order chi connectivity index (χ1) is 22.3. The number of hydrogen-bond acceptors (Lipinski definition) is 9. The molecule has 240 valence electrons. The second-order valence-corrected chi connectivity index (χ2v) is 12.4. The minimum atomic E-state index is -1.17. The van der Waals surface area contributed by atoms with Gasteiger partial charge in [0, 0.05) is 46.7 Å². The summed E-state index contributed by atoms with van der Waals surface area (Å²) in [4.78, 5) is 67.4. The molecule has 3 heterocycles. The fourth-order valence-electron chi connectivity index (χ4n) is 5.08. The molecule has 0 aliphatic rings. The summed E-state index contributed by atoms with van der Waals surface area (Å²) < 4.78 is 7.45. The molecular weight excluding hydrogens is 596 g/mol. The van der Waals surface area contributed by atoms with E-state index in [9.17, 15) is 19.2 Å². The number of fused-ring (bicyclic) bond motifs is 1. The second-order valence-electron chi connectivity index (χ2n) is 12.4. The molecule has 0 bridgehead atoms. The minimum Gasteiger partial charge on any atom is -0.443 e. The van der Waals surface area contributed by atoms with Gasteiger partial charge in [0.25, 0.3) is 5.91 Å². The van der Waals surface area contributed by atoms with E-state index < -0.39 is 23.6 Å². The molecule has 0 aliphatic carbocycles. The lowest BCUT2D eigenvalue weighted by atomic mass is 9.99. The van der Waals surface area contributed by atoms with Crippen LogP contribution in [0, 0.1) is 0 Å². The highest BCUT2D eigenvalue weighted by atomic mass is 16.6. The molecule has 0 aliphatic heterocycles. The van der Waals surface area contributed by atoms with Crippen LogP contribution in [0.25, 0.3) is 11.0 Å². The number of hydrogen-bond donors (Lipinski definition) is 1. The Balaban J connectivity index is 1.43. The zero-order valence-electron chi connectivity index (χ0n) is 26.9. The van der Waals surface area contributed by atoms with Gasteiger partial charge in [-0.3, -0.25) is 19.4 Å². The molecule has 1 atom stereocenters. The van der Waals surface area contributed by atoms with Gasteiger partial charge >= 0.3 is 6.09 Å². The average Bonchev–Trinajstić information content (AvgIpc) is 3.44. The number of imide groups is 1. The molecule has 5 rings (SSSR count). The first kappa shape index (κ1) is 32.8. The molecule has 0 unspecified atom stereocenters. The lowest BCUT2D eigenvalue weighted by Gasteiger charge is -2.28. The maximum absolute atomic E-state index is 13.9. The third kappa shape index (κ3) is 7.31. The second kappa shape index (κ2) is 13.4. The van der Waals surface area contributed by atoms with E-state index in [1.54, 1.807) is 81.7 Å². The number of pyridine rings is 1. The van der Waals surface area contributed by atoms with Crippen LogP contribution in [0.5, 0.6) is 0 Å². The summed E-state index contributed by atoms with van der Waals surface area (Å²) in [5.74, 6) is -1.26. The molecule has 0 fully saturated rings. The van der Waals surface area contributed by atoms with Crippen molar-refractivity contribution in [3.05, 3.63) is 120 Å². The number of amides is 2. The Morgan fingerprint density at radius 3 is 2.21 bits per heavy atom. The predicted octanol–water partition coefficient (Wildman–Crippen LogP) is 5.71. The number of anilines is 1. The van der Waals surface area contributed by atoms with Crippen molar-refractivity contribution >= 4 is 40.3 Å². The van der Waals surface area contributed by atoms with Gasteiger partial charge in [-0.15, -0.1) is 0 Å². The molecule has 3 aromatic heterocycles. The van der Waals surface area contributed by atoms with E-state index in [4.69, 9.17) is 10.5 Å². The van der Waals surface area contributed by atoms with Crippen molar-refractivity contribution in [2.45, 2.75) is 58.7 Å². The van der Waals surface area contributed by atoms with Crippen molar-refractivity contribution in [3.8, 4) is 0 Å². The fraction of sp³-hybridized carbons (Fsp3) is 0.250. The Morgan fingerprint density at radius 2 is 1.55 bits per heavy atom. The van der Waals surface area contributed by atoms with Crippen molar-refractivity contribution in [3.63, 3.8) is 0 Å². The third-order valence-electron chi connectivity index (χ3n) is 7.36. The Hall–Kier alpha value is -5.55. The number of carbonyl (C=O) groups is 4. The largest absolute Gasteiger partial charge is 0.443 e. The van der Waals surface area contributed by atoms with Crippen LogP contribution < -0.4 is 10.6 Å². The van der Waals surface area contributed by atoms with Gasteiger partial charge in [0.15, 0.2) is 11.6 Å². The van der Waals surface area contributed by atoms with Crippen molar-refractivity contribution in [2.24, 2.45) is 5.73 Å². The standard InChI is InChI=1S/C36H36N6O5/c1-22(2)41-20-29(28-19-39-21-40-33(28)41)32(44)26-16-27(18-38-17-26)42(35(46)47-36(3,4)5)34(45)30(37)15-23-11-13-25(14-12-23)31(43)24-9-7-6-8-10-24/h6-14,16-22,30H,15,37H2,1-5H3/t30-/m0/s1. The van der Waals surface area contributed by atoms with Gasteiger partial charge < -0.3 is 15.0 Å². The molecule has 0 saturated heterocycles. The van der Waals surface area contributed by atoms with Crippen molar-refractivity contribution < 1.29 is 23.9 Å². The SMILES string of the molecule is CC(C)n1cc(C(=O)c2cncc(N(C(=O)OC(C)(C)C)C(=O)[C@@H](N)Cc3ccc(C(=O)c4ccccc4)cc3)c2)c2cncnc21. The van der Waals surface area contributed by atoms with Crippen LogP contribution in [-0.2, 0) is 16.0 Å². The lowest BCUT2D eigenvalue weighted by Crippen LogP contribution is -2.49. The quantitative estimate of drug-likeness (QED) is 0.202. The highest BCUT2D eigenvalue weighted by Crippen LogP contribution is 2.27. The Kier molecular flexibility index (Phi) is 9.39. The predicted molar refractivity (Wildman–Crippen MR) is 177 cm³/mol. The Labute approximate surface area is 272 Å². The maximum atomic E-state index is 13.9. The van der Waals surface area contributed by atoms with Gasteiger partial charge in [-0.05, 0) is 52.7 Å². The van der Waals surface area contributed by atoms with Crippen LogP contribution in [0.2, 0.25) is 0 Å². The van der Waals surface area contributed by atoms with E-state index in [0.717, 1.165) is 4.90 Å². The number of carbonyl (C=O) groups excluding carboxylic acids is 4. The molecule has 47 heavy (non-hydrogen) atoms. The van der Waals surface area contributed by atoms with Crippen molar-refractivity contribution in [1.82, 2.24) is 19.5 Å². The van der Waals surface area contributed by atoms with E-state index in [0.29, 0.717) is 33.3 Å². The summed E-state index contributed by atoms with van der Waals surface area (Å²) in [5, 5.41) is 0.565. The minimum absolute atomic E-state index is 0.0261. The van der Waals surface area contributed by atoms with Crippen molar-refractivity contribution in [2.75, 3.05) is 4.90 Å². The van der Waals surface area contributed by atoms with Gasteiger partial charge in [-0.1, -0.05) is 54.6 Å². The van der Waals surface area contributed by atoms with Crippen LogP contribution in [0.15, 0.2) is 91.8 Å². The van der Waals surface area contributed by atoms with E-state index >= 15 is 0 Å². The summed E-state index contributed by atoms with van der Waals surface area (Å²) in [6, 6.07) is 16.0. The highest BCUT2D eigenvalue weighted by Gasteiger charge is 2.33. The van der Waals surface area contributed by atoms with Gasteiger partial charge in [0.05, 0.1) is 23.5 Å². The van der Waals surface area contributed by atoms with Crippen LogP contribution in [0.3, 0.4) is 0 Å². The van der Waals surface area contributed by atoms with Crippen molar-refractivity contribution in [1.29, 1.82) is 0 Å². The molecule has 2 amide bonds. The number of benzene rings is 2. The molecular formula is C36H36N6O5. The van der Waals surface area contributed by atoms with Crippen LogP contribution in [-0.4, -0.2) is 54.7 Å². The number of nitrogens with zero attached hydrogens (tertiary/aromatic N) is 5. The molecule has 2 aromatic carbocycles. The van der Waals surface area contributed by atoms with Gasteiger partial charge in [-0.2, -0.15) is 0 Å². The number of nitrogens with two attached hydrogens (primary N) is 1. The number of ether oxygens (including phenoxy) is 1. The first-order valence-corrected chi connectivity index (χ1v) is 15.2. The Bertz CT molecular complexity index is 1940. The summed E-state index contributed by atoms with van der Waals surface area (Å²) >= 11 is 0. The molecule has 0 spiro atoms. The molecule has 5 aromatic rings. The van der Waals surface area contributed by atoms with E-state index in [1.807, 2.05) is 24.5 Å². The molecule has 11 nitrogen and oxygen atoms in total. The fourth-order valence-corrected chi connectivity index (χ4v) is 5.08. The molecule has 2 N–H and O–H groups in total. The van der Waals surface area contributed by atoms with E-state index in [2.05, 4.69) is 15.0 Å². The van der Waals surface area contributed by atoms with E-state index in [-0.39, 0.29) is 35.3 Å². The van der Waals surface area contributed by atoms with E-state index in [1.165, 1.54) is 24.8 Å². The molecule has 0 radical (unpaired) electrons. The van der Waals surface area contributed by atoms with Gasteiger partial charge in [-0.25, -0.2) is 19.7 Å². The molecule has 0 saturated carbocycles. The maximum Gasteiger partial charge on any atom is 0.421 e. The Morgan fingerprint density at radius 1 is 0.872 bits per heavy atom. The lowest BCUT2D eigenvalue weighted by molar-refractivity contribution is -0.119. The monoisotopic (exact) mass is 632 g/mol. The van der Waals surface area contributed by atoms with Gasteiger partial charge in [0.1, 0.15) is 17.6 Å². The zero-order valence-corrected chi connectivity index (χ0v) is 26.9. The summed E-state index contributed by atoms with van der Waals surface area (Å²) in [7, 11) is 0. The van der Waals surface area contributed by atoms with Gasteiger partial charge in [0.2, 0.25) is 0 Å². The normalized spacial score (nSPS) is 12.1. The highest BCUT2D eigenvalue weighted by molar-refractivity contribution is 6.18. The smallest absolute Gasteiger partial charge is 0.421 e. The zero-order chi connectivity index (χ0) is 33.9. The number of ketones is 2. The topological polar surface area (TPSA) is 150 Å². The van der Waals surface area contributed by atoms with Crippen LogP contribution in [0.1, 0.15) is 78.1 Å². The van der Waals surface area contributed by atoms with Crippen LogP contribution >= 0.6 is 0 Å². The van der Waals surface area contributed by atoms with Crippen LogP contribution in [0.4, 0.5) is 10.5 Å². The summed E-state index contributed by atoms with van der Waals surface area (Å²) in [6.45, 7) is 8.98. The number of rotatable bonds is 9. The number of aromatic nitrogens is 4. The summed E-state index contributed by atoms with van der Waals surface area (Å²) in [6.07, 6.45) is 6.48. The average molecular weight is 633 g/mol. The summed E-state index contributed by atoms with van der Waals surface area (Å²) in [5.41, 5.74) is 8.33. The third-order valence-corrected chi connectivity index (χ3v) is 7.36. The molecule has 11 heteroatoms. The first-order valence-electron chi connectivity index (χ1n) is 15.2.